The first-order chi connectivity index (χ1) is 7.39. The standard InChI is InChI=1S/C11H22F3NO/c1-4-15-10(8-9(2)16-3)6-5-7-11(12,13)14/h9-10,15H,4-8H2,1-3H3. The minimum atomic E-state index is -4.04. The van der Waals surface area contributed by atoms with E-state index in [0.29, 0.717) is 6.42 Å². The number of rotatable bonds is 8. The van der Waals surface area contributed by atoms with E-state index in [0.717, 1.165) is 13.0 Å². The minimum absolute atomic E-state index is 0.0786. The lowest BCUT2D eigenvalue weighted by molar-refractivity contribution is -0.135. The molecule has 1 N–H and O–H groups in total. The second-order valence-electron chi connectivity index (χ2n) is 4.04. The van der Waals surface area contributed by atoms with Crippen molar-refractivity contribution in [2.24, 2.45) is 0 Å². The van der Waals surface area contributed by atoms with E-state index in [9.17, 15) is 13.2 Å². The van der Waals surface area contributed by atoms with Crippen molar-refractivity contribution in [3.05, 3.63) is 0 Å². The predicted octanol–water partition coefficient (Wildman–Crippen LogP) is 3.12. The van der Waals surface area contributed by atoms with Gasteiger partial charge in [0.25, 0.3) is 0 Å². The molecule has 0 aromatic carbocycles. The van der Waals surface area contributed by atoms with Crippen molar-refractivity contribution in [1.29, 1.82) is 0 Å². The Morgan fingerprint density at radius 2 is 1.94 bits per heavy atom. The second-order valence-corrected chi connectivity index (χ2v) is 4.04. The van der Waals surface area contributed by atoms with Gasteiger partial charge in [-0.2, -0.15) is 13.2 Å². The minimum Gasteiger partial charge on any atom is -0.382 e. The molecule has 0 rings (SSSR count). The highest BCUT2D eigenvalue weighted by molar-refractivity contribution is 4.70. The molecule has 98 valence electrons. The summed E-state index contributed by atoms with van der Waals surface area (Å²) < 4.78 is 41.0. The third kappa shape index (κ3) is 8.97. The van der Waals surface area contributed by atoms with E-state index in [2.05, 4.69) is 5.32 Å². The van der Waals surface area contributed by atoms with Crippen molar-refractivity contribution in [2.75, 3.05) is 13.7 Å². The van der Waals surface area contributed by atoms with Gasteiger partial charge in [-0.15, -0.1) is 0 Å². The molecule has 0 spiro atoms. The molecule has 0 bridgehead atoms. The molecule has 5 heteroatoms. The maximum absolute atomic E-state index is 12.0. The van der Waals surface area contributed by atoms with Gasteiger partial charge in [-0.1, -0.05) is 6.92 Å². The van der Waals surface area contributed by atoms with Crippen molar-refractivity contribution in [2.45, 2.75) is 57.9 Å². The Kier molecular flexibility index (Phi) is 7.76. The summed E-state index contributed by atoms with van der Waals surface area (Å²) in [4.78, 5) is 0. The van der Waals surface area contributed by atoms with Crippen LogP contribution in [0.15, 0.2) is 0 Å². The quantitative estimate of drug-likeness (QED) is 0.705. The van der Waals surface area contributed by atoms with E-state index in [1.165, 1.54) is 0 Å². The van der Waals surface area contributed by atoms with E-state index < -0.39 is 12.6 Å². The number of hydrogen-bond donors (Lipinski definition) is 1. The number of ether oxygens (including phenoxy) is 1. The zero-order chi connectivity index (χ0) is 12.6. The molecule has 0 aliphatic carbocycles. The Bertz CT molecular complexity index is 173. The van der Waals surface area contributed by atoms with Gasteiger partial charge in [0.05, 0.1) is 6.10 Å². The van der Waals surface area contributed by atoms with E-state index in [4.69, 9.17) is 4.74 Å². The number of hydrogen-bond acceptors (Lipinski definition) is 2. The Balaban J connectivity index is 3.84. The first-order valence-electron chi connectivity index (χ1n) is 5.72. The fraction of sp³-hybridized carbons (Fsp3) is 1.00. The van der Waals surface area contributed by atoms with Gasteiger partial charge in [0.1, 0.15) is 0 Å². The molecular formula is C11H22F3NO. The zero-order valence-electron chi connectivity index (χ0n) is 10.2. The van der Waals surface area contributed by atoms with Gasteiger partial charge in [-0.25, -0.2) is 0 Å². The summed E-state index contributed by atoms with van der Waals surface area (Å²) in [6.07, 6.45) is -3.18. The number of halogens is 3. The molecule has 2 unspecified atom stereocenters. The van der Waals surface area contributed by atoms with Gasteiger partial charge in [0.2, 0.25) is 0 Å². The monoisotopic (exact) mass is 241 g/mol. The molecule has 0 aromatic rings. The molecule has 0 radical (unpaired) electrons. The third-order valence-electron chi connectivity index (χ3n) is 2.52. The van der Waals surface area contributed by atoms with Crippen molar-refractivity contribution in [1.82, 2.24) is 5.32 Å². The van der Waals surface area contributed by atoms with Crippen molar-refractivity contribution >= 4 is 0 Å². The number of alkyl halides is 3. The lowest BCUT2D eigenvalue weighted by Crippen LogP contribution is -2.32. The maximum Gasteiger partial charge on any atom is 0.389 e. The van der Waals surface area contributed by atoms with E-state index in [1.54, 1.807) is 7.11 Å². The third-order valence-corrected chi connectivity index (χ3v) is 2.52. The van der Waals surface area contributed by atoms with Crippen LogP contribution in [0, 0.1) is 0 Å². The average molecular weight is 241 g/mol. The van der Waals surface area contributed by atoms with Crippen LogP contribution in [0.25, 0.3) is 0 Å². The molecule has 0 aliphatic rings. The molecule has 0 heterocycles. The largest absolute Gasteiger partial charge is 0.389 e. The lowest BCUT2D eigenvalue weighted by atomic mass is 10.0. The summed E-state index contributed by atoms with van der Waals surface area (Å²) in [6.45, 7) is 4.65. The van der Waals surface area contributed by atoms with Gasteiger partial charge in [-0.3, -0.25) is 0 Å². The zero-order valence-corrected chi connectivity index (χ0v) is 10.2. The normalized spacial score (nSPS) is 16.1. The molecule has 16 heavy (non-hydrogen) atoms. The van der Waals surface area contributed by atoms with Crippen LogP contribution in [0.5, 0.6) is 0 Å². The SMILES string of the molecule is CCNC(CCCC(F)(F)F)CC(C)OC. The van der Waals surface area contributed by atoms with Crippen LogP contribution >= 0.6 is 0 Å². The molecular weight excluding hydrogens is 219 g/mol. The van der Waals surface area contributed by atoms with Crippen molar-refractivity contribution in [3.63, 3.8) is 0 Å². The molecule has 0 saturated heterocycles. The van der Waals surface area contributed by atoms with Crippen molar-refractivity contribution < 1.29 is 17.9 Å². The Hall–Kier alpha value is -0.290. The van der Waals surface area contributed by atoms with Crippen LogP contribution in [-0.4, -0.2) is 32.0 Å². The van der Waals surface area contributed by atoms with Crippen LogP contribution in [-0.2, 0) is 4.74 Å². The first-order valence-corrected chi connectivity index (χ1v) is 5.72. The molecule has 0 fully saturated rings. The number of methoxy groups -OCH3 is 1. The smallest absolute Gasteiger partial charge is 0.382 e. The fourth-order valence-corrected chi connectivity index (χ4v) is 1.64. The van der Waals surface area contributed by atoms with Crippen LogP contribution in [0.3, 0.4) is 0 Å². The molecule has 0 aromatic heterocycles. The summed E-state index contributed by atoms with van der Waals surface area (Å²) in [5.41, 5.74) is 0. The van der Waals surface area contributed by atoms with Gasteiger partial charge in [-0.05, 0) is 32.7 Å². The van der Waals surface area contributed by atoms with E-state index >= 15 is 0 Å². The molecule has 0 aliphatic heterocycles. The first kappa shape index (κ1) is 15.7. The van der Waals surface area contributed by atoms with Gasteiger partial charge in [0, 0.05) is 19.6 Å². The average Bonchev–Trinajstić information content (AvgIpc) is 2.15. The summed E-state index contributed by atoms with van der Waals surface area (Å²) in [5, 5.41) is 3.19. The van der Waals surface area contributed by atoms with Crippen LogP contribution in [0.2, 0.25) is 0 Å². The Morgan fingerprint density at radius 1 is 1.31 bits per heavy atom. The lowest BCUT2D eigenvalue weighted by Gasteiger charge is -2.21. The van der Waals surface area contributed by atoms with Crippen LogP contribution in [0.4, 0.5) is 13.2 Å². The van der Waals surface area contributed by atoms with E-state index in [-0.39, 0.29) is 18.6 Å². The van der Waals surface area contributed by atoms with Gasteiger partial charge in [0.15, 0.2) is 0 Å². The van der Waals surface area contributed by atoms with Gasteiger partial charge < -0.3 is 10.1 Å². The summed E-state index contributed by atoms with van der Waals surface area (Å²) in [5.74, 6) is 0. The molecule has 2 atom stereocenters. The van der Waals surface area contributed by atoms with E-state index in [1.807, 2.05) is 13.8 Å². The number of nitrogens with one attached hydrogen (secondary N) is 1. The second kappa shape index (κ2) is 7.90. The maximum atomic E-state index is 12.0. The van der Waals surface area contributed by atoms with Crippen molar-refractivity contribution in [3.8, 4) is 0 Å². The highest BCUT2D eigenvalue weighted by atomic mass is 19.4. The highest BCUT2D eigenvalue weighted by Gasteiger charge is 2.26. The van der Waals surface area contributed by atoms with Crippen LogP contribution < -0.4 is 5.32 Å². The Labute approximate surface area is 95.5 Å². The summed E-state index contributed by atoms with van der Waals surface area (Å²) in [7, 11) is 1.61. The Morgan fingerprint density at radius 3 is 2.38 bits per heavy atom. The summed E-state index contributed by atoms with van der Waals surface area (Å²) in [6, 6.07) is 0.113. The van der Waals surface area contributed by atoms with Gasteiger partial charge >= 0.3 is 6.18 Å². The fourth-order valence-electron chi connectivity index (χ4n) is 1.64. The molecule has 0 saturated carbocycles. The predicted molar refractivity (Wildman–Crippen MR) is 58.5 cm³/mol. The molecule has 2 nitrogen and oxygen atoms in total. The summed E-state index contributed by atoms with van der Waals surface area (Å²) >= 11 is 0. The molecule has 0 amide bonds. The highest BCUT2D eigenvalue weighted by Crippen LogP contribution is 2.23. The van der Waals surface area contributed by atoms with Crippen LogP contribution in [0.1, 0.15) is 39.5 Å². The topological polar surface area (TPSA) is 21.3 Å².